The van der Waals surface area contributed by atoms with Crippen molar-refractivity contribution in [3.63, 3.8) is 0 Å². The number of ether oxygens (including phenoxy) is 1. The van der Waals surface area contributed by atoms with Gasteiger partial charge in [-0.25, -0.2) is 4.98 Å². The summed E-state index contributed by atoms with van der Waals surface area (Å²) in [7, 11) is 1.98. The van der Waals surface area contributed by atoms with Crippen LogP contribution in [0, 0.1) is 12.8 Å². The van der Waals surface area contributed by atoms with Gasteiger partial charge in [-0.2, -0.15) is 10.2 Å². The largest absolute Gasteiger partial charge is 0.474 e. The second-order valence-corrected chi connectivity index (χ2v) is 9.20. The van der Waals surface area contributed by atoms with E-state index in [-0.39, 0.29) is 17.6 Å². The molecule has 2 atom stereocenters. The van der Waals surface area contributed by atoms with Crippen LogP contribution in [0.15, 0.2) is 18.5 Å². The maximum absolute atomic E-state index is 11.7. The van der Waals surface area contributed by atoms with Crippen molar-refractivity contribution >= 4 is 16.7 Å². The molecule has 1 saturated carbocycles. The Hall–Kier alpha value is -2.70. The molecule has 0 unspecified atom stereocenters. The summed E-state index contributed by atoms with van der Waals surface area (Å²) in [5.74, 6) is 1.19. The van der Waals surface area contributed by atoms with Gasteiger partial charge in [-0.3, -0.25) is 9.48 Å². The van der Waals surface area contributed by atoms with Crippen LogP contribution in [-0.4, -0.2) is 31.8 Å². The van der Waals surface area contributed by atoms with Gasteiger partial charge in [0.05, 0.1) is 17.4 Å². The quantitative estimate of drug-likeness (QED) is 0.685. The number of aromatic amines is 1. The third kappa shape index (κ3) is 3.66. The second-order valence-electron chi connectivity index (χ2n) is 9.20. The minimum Gasteiger partial charge on any atom is -0.474 e. The number of pyridine rings is 1. The Morgan fingerprint density at radius 2 is 2.14 bits per heavy atom. The third-order valence-corrected chi connectivity index (χ3v) is 5.95. The van der Waals surface area contributed by atoms with E-state index in [4.69, 9.17) is 9.72 Å². The lowest BCUT2D eigenvalue weighted by molar-refractivity contribution is -0.730. The van der Waals surface area contributed by atoms with Crippen LogP contribution in [0.3, 0.4) is 0 Å². The molecule has 7 nitrogen and oxygen atoms in total. The molecule has 29 heavy (non-hydrogen) atoms. The number of hydrogen-bond donors (Lipinski definition) is 1. The molecule has 0 radical (unpaired) electrons. The fourth-order valence-corrected chi connectivity index (χ4v) is 3.96. The molecule has 0 bridgehead atoms. The number of carbonyl (C=O) groups is 1. The number of nitrogens with one attached hydrogen (secondary N) is 1. The van der Waals surface area contributed by atoms with E-state index in [9.17, 15) is 4.79 Å². The number of Topliss-reactive ketones (excluding diaryl/α,β-unsaturated/α-hetero) is 1. The van der Waals surface area contributed by atoms with Gasteiger partial charge in [0.15, 0.2) is 7.05 Å². The van der Waals surface area contributed by atoms with Crippen molar-refractivity contribution in [3.8, 4) is 17.1 Å². The van der Waals surface area contributed by atoms with E-state index in [0.29, 0.717) is 24.5 Å². The number of nitrogens with zero attached hydrogens (tertiary/aromatic N) is 4. The molecule has 0 aliphatic heterocycles. The van der Waals surface area contributed by atoms with Crippen LogP contribution in [-0.2, 0) is 17.4 Å². The Morgan fingerprint density at radius 3 is 2.76 bits per heavy atom. The summed E-state index contributed by atoms with van der Waals surface area (Å²) >= 11 is 0. The van der Waals surface area contributed by atoms with Gasteiger partial charge in [-0.1, -0.05) is 0 Å². The molecule has 0 aromatic carbocycles. The molecular weight excluding hydrogens is 366 g/mol. The molecule has 1 aliphatic rings. The van der Waals surface area contributed by atoms with E-state index in [1.165, 1.54) is 0 Å². The average Bonchev–Trinajstić information content (AvgIpc) is 3.34. The van der Waals surface area contributed by atoms with Crippen molar-refractivity contribution in [2.75, 3.05) is 0 Å². The molecule has 3 aromatic rings. The number of ketones is 1. The smallest absolute Gasteiger partial charge is 0.230 e. The zero-order valence-corrected chi connectivity index (χ0v) is 18.1. The molecule has 4 rings (SSSR count). The van der Waals surface area contributed by atoms with Crippen molar-refractivity contribution in [2.24, 2.45) is 13.0 Å². The monoisotopic (exact) mass is 396 g/mol. The molecule has 1 N–H and O–H groups in total. The molecule has 0 amide bonds. The van der Waals surface area contributed by atoms with E-state index in [0.717, 1.165) is 34.3 Å². The molecule has 154 valence electrons. The van der Waals surface area contributed by atoms with E-state index < -0.39 is 0 Å². The van der Waals surface area contributed by atoms with Crippen molar-refractivity contribution < 1.29 is 14.2 Å². The van der Waals surface area contributed by atoms with Gasteiger partial charge < -0.3 is 4.74 Å². The maximum Gasteiger partial charge on any atom is 0.230 e. The van der Waals surface area contributed by atoms with Gasteiger partial charge in [-0.15, -0.1) is 4.68 Å². The highest BCUT2D eigenvalue weighted by atomic mass is 16.5. The molecule has 0 spiro atoms. The zero-order chi connectivity index (χ0) is 20.9. The van der Waals surface area contributed by atoms with Gasteiger partial charge in [-0.05, 0) is 40.2 Å². The lowest BCUT2D eigenvalue weighted by atomic mass is 10.0. The molecular formula is C22H30N5O2+. The maximum atomic E-state index is 11.7. The highest BCUT2D eigenvalue weighted by molar-refractivity contribution is 5.88. The van der Waals surface area contributed by atoms with E-state index >= 15 is 0 Å². The number of fused-ring (bicyclic) bond motifs is 1. The van der Waals surface area contributed by atoms with E-state index in [2.05, 4.69) is 37.9 Å². The first kappa shape index (κ1) is 19.6. The van der Waals surface area contributed by atoms with Crippen LogP contribution in [0.2, 0.25) is 0 Å². The molecule has 3 heterocycles. The standard InChI is InChI=1S/C22H29N5O2/c1-13-20-19(25-26(13)6)10-18(16-11-23-27(12-16)22(3,4)5)24-21(20)29-14(2)15-7-8-17(28)9-15/h10-12,14-15H,7-9H2,1-6H3/p+1/t14-,15+/m1/s1. The van der Waals surface area contributed by atoms with Crippen LogP contribution in [0.5, 0.6) is 5.88 Å². The van der Waals surface area contributed by atoms with Crippen molar-refractivity contribution in [3.05, 3.63) is 24.2 Å². The van der Waals surface area contributed by atoms with Crippen molar-refractivity contribution in [1.29, 1.82) is 0 Å². The number of aromatic nitrogens is 5. The summed E-state index contributed by atoms with van der Waals surface area (Å²) in [6, 6.07) is 2.04. The number of carbonyl (C=O) groups excluding carboxylic acids is 1. The Labute approximate surface area is 171 Å². The number of rotatable bonds is 4. The zero-order valence-electron chi connectivity index (χ0n) is 18.1. The lowest BCUT2D eigenvalue weighted by Crippen LogP contribution is -2.32. The van der Waals surface area contributed by atoms with Gasteiger partial charge in [0, 0.05) is 37.4 Å². The van der Waals surface area contributed by atoms with Crippen LogP contribution < -0.4 is 9.42 Å². The SMILES string of the molecule is Cc1c2c(O[C@H](C)[C@H]3CCC(=O)C3)nc(-c3cnn(C(C)(C)C)c3)cc2[nH][n+]1C. The fraction of sp³-hybridized carbons (Fsp3) is 0.545. The Balaban J connectivity index is 1.75. The first-order valence-corrected chi connectivity index (χ1v) is 10.3. The average molecular weight is 397 g/mol. The summed E-state index contributed by atoms with van der Waals surface area (Å²) in [5, 5.41) is 8.87. The summed E-state index contributed by atoms with van der Waals surface area (Å²) in [6.07, 6.45) is 5.95. The highest BCUT2D eigenvalue weighted by Crippen LogP contribution is 2.33. The van der Waals surface area contributed by atoms with E-state index in [1.807, 2.05) is 41.8 Å². The molecule has 1 fully saturated rings. The van der Waals surface area contributed by atoms with Crippen LogP contribution >= 0.6 is 0 Å². The Morgan fingerprint density at radius 1 is 1.38 bits per heavy atom. The van der Waals surface area contributed by atoms with E-state index in [1.54, 1.807) is 0 Å². The van der Waals surface area contributed by atoms with Crippen molar-refractivity contribution in [2.45, 2.75) is 65.5 Å². The molecule has 3 aromatic heterocycles. The summed E-state index contributed by atoms with van der Waals surface area (Å²) in [4.78, 5) is 16.6. The minimum atomic E-state index is -0.0966. The van der Waals surface area contributed by atoms with Gasteiger partial charge in [0.1, 0.15) is 22.8 Å². The molecule has 7 heteroatoms. The summed E-state index contributed by atoms with van der Waals surface area (Å²) in [5.41, 5.74) is 3.71. The fourth-order valence-electron chi connectivity index (χ4n) is 3.96. The Kier molecular flexibility index (Phi) is 4.71. The highest BCUT2D eigenvalue weighted by Gasteiger charge is 2.30. The normalized spacial score (nSPS) is 18.6. The third-order valence-electron chi connectivity index (χ3n) is 5.95. The number of aryl methyl sites for hydroxylation is 2. The van der Waals surface area contributed by atoms with Crippen LogP contribution in [0.1, 0.15) is 52.7 Å². The topological polar surface area (TPSA) is 76.7 Å². The van der Waals surface area contributed by atoms with Crippen LogP contribution in [0.25, 0.3) is 22.2 Å². The lowest BCUT2D eigenvalue weighted by Gasteiger charge is -2.20. The number of H-pyrrole nitrogens is 1. The first-order chi connectivity index (χ1) is 13.6. The van der Waals surface area contributed by atoms with Crippen LogP contribution in [0.4, 0.5) is 0 Å². The number of hydrogen-bond acceptors (Lipinski definition) is 4. The van der Waals surface area contributed by atoms with Gasteiger partial charge in [0.25, 0.3) is 0 Å². The molecule has 0 saturated heterocycles. The minimum absolute atomic E-state index is 0.0655. The van der Waals surface area contributed by atoms with Gasteiger partial charge in [0.2, 0.25) is 11.6 Å². The summed E-state index contributed by atoms with van der Waals surface area (Å²) in [6.45, 7) is 10.5. The predicted octanol–water partition coefficient (Wildman–Crippen LogP) is 3.45. The second kappa shape index (κ2) is 6.97. The first-order valence-electron chi connectivity index (χ1n) is 10.3. The van der Waals surface area contributed by atoms with Crippen molar-refractivity contribution in [1.82, 2.24) is 19.9 Å². The van der Waals surface area contributed by atoms with Gasteiger partial charge >= 0.3 is 0 Å². The molecule has 1 aliphatic carbocycles. The predicted molar refractivity (Wildman–Crippen MR) is 111 cm³/mol. The summed E-state index contributed by atoms with van der Waals surface area (Å²) < 4.78 is 10.3. The Bertz CT molecular complexity index is 1070.